The number of nitrogens with one attached hydrogen (secondary N) is 2. The Bertz CT molecular complexity index is 1160. The third kappa shape index (κ3) is 5.22. The number of hydrogen-bond acceptors (Lipinski definition) is 5. The van der Waals surface area contributed by atoms with Crippen molar-refractivity contribution in [1.29, 1.82) is 0 Å². The van der Waals surface area contributed by atoms with Gasteiger partial charge in [0, 0.05) is 18.0 Å². The standard InChI is InChI=1S/C23H24ClN3O3S2/c24-19-11-10-18(32(29,30)27-12-4-5-13-27)15-20(19)26-22(28)16-25-23(21-9-6-14-31-21)17-7-2-1-3-8-17/h1-3,6-11,14-15,23,25H,4-5,12-13,16H2,(H,26,28)/t23-/m1/s1. The van der Waals surface area contributed by atoms with Crippen LogP contribution in [0.4, 0.5) is 5.69 Å². The first-order chi connectivity index (χ1) is 15.4. The predicted molar refractivity (Wildman–Crippen MR) is 129 cm³/mol. The SMILES string of the molecule is O=C(CN[C@H](c1ccccc1)c1cccs1)Nc1cc(S(=O)(=O)N2CCCC2)ccc1Cl. The van der Waals surface area contributed by atoms with Crippen LogP contribution in [0.2, 0.25) is 5.02 Å². The lowest BCUT2D eigenvalue weighted by molar-refractivity contribution is -0.115. The number of benzene rings is 2. The van der Waals surface area contributed by atoms with Crippen LogP contribution in [0.1, 0.15) is 29.3 Å². The van der Waals surface area contributed by atoms with Crippen LogP contribution in [0.3, 0.4) is 0 Å². The second kappa shape index (κ2) is 10.1. The van der Waals surface area contributed by atoms with E-state index in [9.17, 15) is 13.2 Å². The molecular weight excluding hydrogens is 466 g/mol. The lowest BCUT2D eigenvalue weighted by atomic mass is 10.1. The molecule has 1 aliphatic rings. The molecule has 1 fully saturated rings. The highest BCUT2D eigenvalue weighted by molar-refractivity contribution is 7.89. The highest BCUT2D eigenvalue weighted by atomic mass is 35.5. The van der Waals surface area contributed by atoms with Gasteiger partial charge in [0.2, 0.25) is 15.9 Å². The molecule has 32 heavy (non-hydrogen) atoms. The fraction of sp³-hybridized carbons (Fsp3) is 0.261. The Morgan fingerprint density at radius 2 is 1.81 bits per heavy atom. The number of halogens is 1. The summed E-state index contributed by atoms with van der Waals surface area (Å²) in [6.07, 6.45) is 1.71. The molecule has 6 nitrogen and oxygen atoms in total. The van der Waals surface area contributed by atoms with Crippen molar-refractivity contribution in [3.63, 3.8) is 0 Å². The molecule has 1 atom stereocenters. The molecule has 4 rings (SSSR count). The van der Waals surface area contributed by atoms with Crippen LogP contribution in [0.25, 0.3) is 0 Å². The van der Waals surface area contributed by atoms with Gasteiger partial charge in [0.05, 0.1) is 28.2 Å². The maximum atomic E-state index is 12.8. The Labute approximate surface area is 197 Å². The maximum Gasteiger partial charge on any atom is 0.243 e. The minimum absolute atomic E-state index is 0.0386. The predicted octanol–water partition coefficient (Wildman–Crippen LogP) is 4.50. The second-order valence-electron chi connectivity index (χ2n) is 7.54. The first-order valence-corrected chi connectivity index (χ1v) is 13.1. The van der Waals surface area contributed by atoms with Crippen molar-refractivity contribution in [2.45, 2.75) is 23.8 Å². The van der Waals surface area contributed by atoms with E-state index in [0.717, 1.165) is 23.3 Å². The zero-order valence-electron chi connectivity index (χ0n) is 17.3. The van der Waals surface area contributed by atoms with Gasteiger partial charge in [-0.1, -0.05) is 48.0 Å². The van der Waals surface area contributed by atoms with Crippen LogP contribution < -0.4 is 10.6 Å². The summed E-state index contributed by atoms with van der Waals surface area (Å²) in [4.78, 5) is 13.9. The molecule has 168 valence electrons. The molecule has 2 heterocycles. The van der Waals surface area contributed by atoms with Crippen LogP contribution in [0, 0.1) is 0 Å². The molecule has 0 aliphatic carbocycles. The molecule has 0 unspecified atom stereocenters. The van der Waals surface area contributed by atoms with Crippen LogP contribution in [0.5, 0.6) is 0 Å². The number of carbonyl (C=O) groups excluding carboxylic acids is 1. The second-order valence-corrected chi connectivity index (χ2v) is 10.9. The monoisotopic (exact) mass is 489 g/mol. The van der Waals surface area contributed by atoms with Crippen LogP contribution in [0.15, 0.2) is 70.9 Å². The van der Waals surface area contributed by atoms with Gasteiger partial charge in [0.25, 0.3) is 0 Å². The van der Waals surface area contributed by atoms with E-state index in [2.05, 4.69) is 10.6 Å². The number of rotatable bonds is 8. The third-order valence-electron chi connectivity index (χ3n) is 5.34. The normalized spacial score (nSPS) is 15.5. The van der Waals surface area contributed by atoms with E-state index in [1.807, 2.05) is 47.8 Å². The van der Waals surface area contributed by atoms with Crippen molar-refractivity contribution >= 4 is 44.6 Å². The van der Waals surface area contributed by atoms with Crippen molar-refractivity contribution in [3.8, 4) is 0 Å². The van der Waals surface area contributed by atoms with E-state index >= 15 is 0 Å². The summed E-state index contributed by atoms with van der Waals surface area (Å²) in [5.74, 6) is -0.305. The third-order valence-corrected chi connectivity index (χ3v) is 8.50. The summed E-state index contributed by atoms with van der Waals surface area (Å²) in [5.41, 5.74) is 1.34. The fourth-order valence-electron chi connectivity index (χ4n) is 3.71. The zero-order chi connectivity index (χ0) is 22.6. The molecular formula is C23H24ClN3O3S2. The molecule has 0 spiro atoms. The fourth-order valence-corrected chi connectivity index (χ4v) is 6.25. The van der Waals surface area contributed by atoms with Gasteiger partial charge in [-0.25, -0.2) is 8.42 Å². The molecule has 1 amide bonds. The van der Waals surface area contributed by atoms with Crippen LogP contribution in [-0.2, 0) is 14.8 Å². The first kappa shape index (κ1) is 22.9. The van der Waals surface area contributed by atoms with E-state index in [4.69, 9.17) is 11.6 Å². The summed E-state index contributed by atoms with van der Waals surface area (Å²) < 4.78 is 27.2. The lowest BCUT2D eigenvalue weighted by Gasteiger charge is -2.19. The maximum absolute atomic E-state index is 12.8. The minimum atomic E-state index is -3.60. The topological polar surface area (TPSA) is 78.5 Å². The molecule has 9 heteroatoms. The number of amides is 1. The molecule has 0 radical (unpaired) electrons. The number of thiophene rings is 1. The van der Waals surface area contributed by atoms with Gasteiger partial charge >= 0.3 is 0 Å². The van der Waals surface area contributed by atoms with Gasteiger partial charge in [0.1, 0.15) is 0 Å². The molecule has 1 saturated heterocycles. The molecule has 1 aromatic heterocycles. The van der Waals surface area contributed by atoms with Gasteiger partial charge in [-0.15, -0.1) is 11.3 Å². The van der Waals surface area contributed by atoms with E-state index in [0.29, 0.717) is 13.1 Å². The van der Waals surface area contributed by atoms with Gasteiger partial charge in [0.15, 0.2) is 0 Å². The molecule has 2 N–H and O–H groups in total. The van der Waals surface area contributed by atoms with Crippen molar-refractivity contribution in [2.24, 2.45) is 0 Å². The number of hydrogen-bond donors (Lipinski definition) is 2. The zero-order valence-corrected chi connectivity index (χ0v) is 19.7. The smallest absolute Gasteiger partial charge is 0.243 e. The number of sulfonamides is 1. The highest BCUT2D eigenvalue weighted by Crippen LogP contribution is 2.29. The van der Waals surface area contributed by atoms with Crippen molar-refractivity contribution < 1.29 is 13.2 Å². The highest BCUT2D eigenvalue weighted by Gasteiger charge is 2.28. The first-order valence-electron chi connectivity index (χ1n) is 10.4. The summed E-state index contributed by atoms with van der Waals surface area (Å²) in [7, 11) is -3.60. The molecule has 0 bridgehead atoms. The molecule has 1 aliphatic heterocycles. The summed E-state index contributed by atoms with van der Waals surface area (Å²) in [5, 5.41) is 8.34. The van der Waals surface area contributed by atoms with Crippen molar-refractivity contribution in [3.05, 3.63) is 81.5 Å². The van der Waals surface area contributed by atoms with Gasteiger partial charge in [-0.2, -0.15) is 4.31 Å². The number of nitrogens with zero attached hydrogens (tertiary/aromatic N) is 1. The quantitative estimate of drug-likeness (QED) is 0.488. The van der Waals surface area contributed by atoms with Gasteiger partial charge in [-0.3, -0.25) is 10.1 Å². The van der Waals surface area contributed by atoms with Crippen LogP contribution >= 0.6 is 22.9 Å². The Morgan fingerprint density at radius 1 is 1.06 bits per heavy atom. The van der Waals surface area contributed by atoms with E-state index in [1.54, 1.807) is 11.3 Å². The van der Waals surface area contributed by atoms with E-state index in [-0.39, 0.29) is 34.1 Å². The molecule has 0 saturated carbocycles. The van der Waals surface area contributed by atoms with Gasteiger partial charge in [-0.05, 0) is 48.1 Å². The van der Waals surface area contributed by atoms with Crippen molar-refractivity contribution in [1.82, 2.24) is 9.62 Å². The van der Waals surface area contributed by atoms with Crippen molar-refractivity contribution in [2.75, 3.05) is 25.0 Å². The average molecular weight is 490 g/mol. The molecule has 3 aromatic rings. The summed E-state index contributed by atoms with van der Waals surface area (Å²) in [6, 6.07) is 18.2. The number of anilines is 1. The Kier molecular flexibility index (Phi) is 7.27. The summed E-state index contributed by atoms with van der Waals surface area (Å²) >= 11 is 7.86. The van der Waals surface area contributed by atoms with E-state index < -0.39 is 10.0 Å². The van der Waals surface area contributed by atoms with Gasteiger partial charge < -0.3 is 5.32 Å². The largest absolute Gasteiger partial charge is 0.324 e. The minimum Gasteiger partial charge on any atom is -0.324 e. The molecule has 2 aromatic carbocycles. The average Bonchev–Trinajstić information content (AvgIpc) is 3.51. The van der Waals surface area contributed by atoms with E-state index in [1.165, 1.54) is 22.5 Å². The Morgan fingerprint density at radius 3 is 2.50 bits per heavy atom. The Balaban J connectivity index is 1.47. The Hall–Kier alpha value is -2.23. The summed E-state index contributed by atoms with van der Waals surface area (Å²) in [6.45, 7) is 1.07. The van der Waals surface area contributed by atoms with Crippen LogP contribution in [-0.4, -0.2) is 38.3 Å². The number of carbonyl (C=O) groups is 1. The lowest BCUT2D eigenvalue weighted by Crippen LogP contribution is -2.32.